The fourth-order valence-electron chi connectivity index (χ4n) is 3.84. The molecule has 3 atom stereocenters. The van der Waals surface area contributed by atoms with Crippen LogP contribution in [0.25, 0.3) is 0 Å². The first-order valence-electron chi connectivity index (χ1n) is 8.12. The molecule has 1 aromatic rings. The van der Waals surface area contributed by atoms with Gasteiger partial charge in [-0.3, -0.25) is 0 Å². The Kier molecular flexibility index (Phi) is 4.45. The molecule has 2 fully saturated rings. The van der Waals surface area contributed by atoms with E-state index in [0.29, 0.717) is 12.1 Å². The van der Waals surface area contributed by atoms with E-state index in [4.69, 9.17) is 4.74 Å². The lowest BCUT2D eigenvalue weighted by molar-refractivity contribution is 0.0255. The van der Waals surface area contributed by atoms with Gasteiger partial charge in [-0.1, -0.05) is 13.0 Å². The summed E-state index contributed by atoms with van der Waals surface area (Å²) in [6.07, 6.45) is 3.81. The van der Waals surface area contributed by atoms with Crippen LogP contribution < -0.4 is 10.2 Å². The quantitative estimate of drug-likeness (QED) is 0.922. The number of benzene rings is 1. The molecule has 21 heavy (non-hydrogen) atoms. The molecule has 0 spiro atoms. The zero-order valence-corrected chi connectivity index (χ0v) is 12.9. The lowest BCUT2D eigenvalue weighted by Crippen LogP contribution is -2.49. The van der Waals surface area contributed by atoms with Crippen LogP contribution in [0.1, 0.15) is 44.7 Å². The van der Waals surface area contributed by atoms with Crippen LogP contribution in [0.2, 0.25) is 0 Å². The molecule has 1 saturated carbocycles. The predicted molar refractivity (Wildman–Crippen MR) is 83.2 cm³/mol. The average Bonchev–Trinajstić information content (AvgIpc) is 2.95. The van der Waals surface area contributed by atoms with Crippen molar-refractivity contribution < 1.29 is 9.13 Å². The highest BCUT2D eigenvalue weighted by atomic mass is 19.1. The van der Waals surface area contributed by atoms with Gasteiger partial charge in [0.05, 0.1) is 18.8 Å². The molecule has 3 rings (SSSR count). The van der Waals surface area contributed by atoms with Gasteiger partial charge in [0, 0.05) is 23.8 Å². The molecule has 3 unspecified atom stereocenters. The lowest BCUT2D eigenvalue weighted by atomic mass is 10.0. The summed E-state index contributed by atoms with van der Waals surface area (Å²) in [5.74, 6) is -0.109. The molecule has 4 heteroatoms. The summed E-state index contributed by atoms with van der Waals surface area (Å²) < 4.78 is 20.3. The molecule has 1 N–H and O–H groups in total. The molecule has 0 amide bonds. The number of nitrogens with one attached hydrogen (secondary N) is 1. The first-order valence-corrected chi connectivity index (χ1v) is 8.12. The SMILES string of the molecule is CCNC(C)c1c(F)cccc1N1CCOC2CCCC21. The summed E-state index contributed by atoms with van der Waals surface area (Å²) in [6, 6.07) is 5.89. The lowest BCUT2D eigenvalue weighted by Gasteiger charge is -2.41. The van der Waals surface area contributed by atoms with Crippen molar-refractivity contribution in [1.29, 1.82) is 0 Å². The van der Waals surface area contributed by atoms with Crippen LogP contribution in [0.3, 0.4) is 0 Å². The van der Waals surface area contributed by atoms with Gasteiger partial charge in [0.1, 0.15) is 5.82 Å². The fraction of sp³-hybridized carbons (Fsp3) is 0.647. The monoisotopic (exact) mass is 292 g/mol. The van der Waals surface area contributed by atoms with Crippen molar-refractivity contribution >= 4 is 5.69 Å². The molecule has 0 bridgehead atoms. The van der Waals surface area contributed by atoms with Crippen molar-refractivity contribution in [2.24, 2.45) is 0 Å². The highest BCUT2D eigenvalue weighted by Gasteiger charge is 2.37. The summed E-state index contributed by atoms with van der Waals surface area (Å²) in [5, 5.41) is 3.34. The van der Waals surface area contributed by atoms with Gasteiger partial charge in [0.2, 0.25) is 0 Å². The summed E-state index contributed by atoms with van der Waals surface area (Å²) in [5.41, 5.74) is 1.84. The Morgan fingerprint density at radius 2 is 2.29 bits per heavy atom. The summed E-state index contributed by atoms with van der Waals surface area (Å²) in [6.45, 7) is 6.53. The van der Waals surface area contributed by atoms with Gasteiger partial charge in [-0.2, -0.15) is 0 Å². The molecule has 1 aromatic carbocycles. The third-order valence-corrected chi connectivity index (χ3v) is 4.76. The van der Waals surface area contributed by atoms with E-state index in [1.807, 2.05) is 13.0 Å². The van der Waals surface area contributed by atoms with Gasteiger partial charge >= 0.3 is 0 Å². The standard InChI is InChI=1S/C17H25FN2O/c1-3-19-12(2)17-13(18)6-4-8-15(17)20-10-11-21-16-9-5-7-14(16)20/h4,6,8,12,14,16,19H,3,5,7,9-11H2,1-2H3. The number of rotatable bonds is 4. The van der Waals surface area contributed by atoms with E-state index in [-0.39, 0.29) is 11.9 Å². The van der Waals surface area contributed by atoms with Gasteiger partial charge in [-0.05, 0) is 44.9 Å². The number of morpholine rings is 1. The Labute approximate surface area is 126 Å². The molecule has 1 aliphatic heterocycles. The van der Waals surface area contributed by atoms with Gasteiger partial charge in [-0.15, -0.1) is 0 Å². The number of anilines is 1. The van der Waals surface area contributed by atoms with E-state index in [9.17, 15) is 4.39 Å². The van der Waals surface area contributed by atoms with E-state index in [0.717, 1.165) is 43.8 Å². The topological polar surface area (TPSA) is 24.5 Å². The van der Waals surface area contributed by atoms with Crippen LogP contribution in [0.5, 0.6) is 0 Å². The average molecular weight is 292 g/mol. The number of hydrogen-bond acceptors (Lipinski definition) is 3. The van der Waals surface area contributed by atoms with Crippen molar-refractivity contribution in [3.8, 4) is 0 Å². The minimum absolute atomic E-state index is 0.0221. The van der Waals surface area contributed by atoms with Crippen LogP contribution in [0.4, 0.5) is 10.1 Å². The van der Waals surface area contributed by atoms with Crippen molar-refractivity contribution in [3.63, 3.8) is 0 Å². The minimum Gasteiger partial charge on any atom is -0.374 e. The molecule has 1 heterocycles. The van der Waals surface area contributed by atoms with E-state index in [1.165, 1.54) is 6.42 Å². The zero-order chi connectivity index (χ0) is 14.8. The molecular formula is C17H25FN2O. The molecule has 1 saturated heterocycles. The Morgan fingerprint density at radius 1 is 1.43 bits per heavy atom. The Balaban J connectivity index is 1.95. The molecule has 116 valence electrons. The smallest absolute Gasteiger partial charge is 0.130 e. The Morgan fingerprint density at radius 3 is 3.10 bits per heavy atom. The Bertz CT molecular complexity index is 494. The van der Waals surface area contributed by atoms with Gasteiger partial charge in [0.15, 0.2) is 0 Å². The summed E-state index contributed by atoms with van der Waals surface area (Å²) in [4.78, 5) is 2.38. The van der Waals surface area contributed by atoms with E-state index < -0.39 is 0 Å². The molecule has 1 aliphatic carbocycles. The third-order valence-electron chi connectivity index (χ3n) is 4.76. The van der Waals surface area contributed by atoms with Crippen LogP contribution in [-0.2, 0) is 4.74 Å². The zero-order valence-electron chi connectivity index (χ0n) is 12.9. The van der Waals surface area contributed by atoms with Crippen LogP contribution >= 0.6 is 0 Å². The molecule has 3 nitrogen and oxygen atoms in total. The second-order valence-electron chi connectivity index (χ2n) is 6.05. The van der Waals surface area contributed by atoms with Gasteiger partial charge in [0.25, 0.3) is 0 Å². The first kappa shape index (κ1) is 14.8. The highest BCUT2D eigenvalue weighted by Crippen LogP contribution is 2.37. The fourth-order valence-corrected chi connectivity index (χ4v) is 3.84. The highest BCUT2D eigenvalue weighted by molar-refractivity contribution is 5.57. The van der Waals surface area contributed by atoms with Crippen molar-refractivity contribution in [2.45, 2.75) is 51.3 Å². The normalized spacial score (nSPS) is 26.7. The predicted octanol–water partition coefficient (Wildman–Crippen LogP) is 3.25. The van der Waals surface area contributed by atoms with Crippen LogP contribution in [-0.4, -0.2) is 31.8 Å². The summed E-state index contributed by atoms with van der Waals surface area (Å²) in [7, 11) is 0. The molecule has 0 aromatic heterocycles. The van der Waals surface area contributed by atoms with Gasteiger partial charge in [-0.25, -0.2) is 4.39 Å². The number of halogens is 1. The number of fused-ring (bicyclic) bond motifs is 1. The second-order valence-corrected chi connectivity index (χ2v) is 6.05. The second kappa shape index (κ2) is 6.32. The van der Waals surface area contributed by atoms with E-state index in [1.54, 1.807) is 6.07 Å². The molecule has 2 aliphatic rings. The first-order chi connectivity index (χ1) is 10.2. The van der Waals surface area contributed by atoms with Crippen LogP contribution in [0, 0.1) is 5.82 Å². The number of nitrogens with zero attached hydrogens (tertiary/aromatic N) is 1. The minimum atomic E-state index is -0.109. The van der Waals surface area contributed by atoms with E-state index in [2.05, 4.69) is 23.2 Å². The third kappa shape index (κ3) is 2.79. The van der Waals surface area contributed by atoms with Crippen LogP contribution in [0.15, 0.2) is 18.2 Å². The maximum Gasteiger partial charge on any atom is 0.130 e. The number of ether oxygens (including phenoxy) is 1. The molecule has 0 radical (unpaired) electrons. The van der Waals surface area contributed by atoms with E-state index >= 15 is 0 Å². The maximum atomic E-state index is 14.4. The largest absolute Gasteiger partial charge is 0.374 e. The Hall–Kier alpha value is -1.13. The molecular weight excluding hydrogens is 267 g/mol. The van der Waals surface area contributed by atoms with Gasteiger partial charge < -0.3 is 15.0 Å². The maximum absolute atomic E-state index is 14.4. The van der Waals surface area contributed by atoms with Crippen molar-refractivity contribution in [2.75, 3.05) is 24.6 Å². The van der Waals surface area contributed by atoms with Crippen molar-refractivity contribution in [1.82, 2.24) is 5.32 Å². The van der Waals surface area contributed by atoms with Crippen molar-refractivity contribution in [3.05, 3.63) is 29.6 Å². The summed E-state index contributed by atoms with van der Waals surface area (Å²) >= 11 is 0. The number of hydrogen-bond donors (Lipinski definition) is 1.